The van der Waals surface area contributed by atoms with Gasteiger partial charge in [-0.2, -0.15) is 4.72 Å². The summed E-state index contributed by atoms with van der Waals surface area (Å²) < 4.78 is 30.8. The molecule has 0 radical (unpaired) electrons. The number of halogens is 1. The molecule has 0 aromatic carbocycles. The van der Waals surface area contributed by atoms with Crippen LogP contribution >= 0.6 is 15.9 Å². The smallest absolute Gasteiger partial charge is 0.261 e. The van der Waals surface area contributed by atoms with E-state index in [1.165, 1.54) is 11.7 Å². The SMILES string of the molecule is CC(NS(=O)(=O)c1c(Br)nnn1C)c1nnc2n1CCC2. The molecule has 1 unspecified atom stereocenters. The Hall–Kier alpha value is -1.33. The van der Waals surface area contributed by atoms with E-state index in [0.717, 1.165) is 25.2 Å². The Bertz CT molecular complexity index is 762. The van der Waals surface area contributed by atoms with Crippen LogP contribution in [0.25, 0.3) is 0 Å². The highest BCUT2D eigenvalue weighted by atomic mass is 79.9. The van der Waals surface area contributed by atoms with Crippen LogP contribution in [-0.4, -0.2) is 38.2 Å². The van der Waals surface area contributed by atoms with E-state index < -0.39 is 16.1 Å². The number of hydrogen-bond donors (Lipinski definition) is 1. The number of nitrogens with zero attached hydrogens (tertiary/aromatic N) is 6. The van der Waals surface area contributed by atoms with Crippen molar-refractivity contribution >= 4 is 26.0 Å². The van der Waals surface area contributed by atoms with Crippen molar-refractivity contribution in [1.82, 2.24) is 34.5 Å². The fourth-order valence-corrected chi connectivity index (χ4v) is 4.74. The molecule has 9 nitrogen and oxygen atoms in total. The topological polar surface area (TPSA) is 108 Å². The van der Waals surface area contributed by atoms with Gasteiger partial charge in [0.1, 0.15) is 5.82 Å². The molecule has 114 valence electrons. The van der Waals surface area contributed by atoms with Crippen molar-refractivity contribution in [1.29, 1.82) is 0 Å². The predicted molar refractivity (Wildman–Crippen MR) is 75.8 cm³/mol. The minimum Gasteiger partial charge on any atom is -0.314 e. The summed E-state index contributed by atoms with van der Waals surface area (Å²) in [6.07, 6.45) is 1.89. The van der Waals surface area contributed by atoms with E-state index in [4.69, 9.17) is 0 Å². The summed E-state index contributed by atoms with van der Waals surface area (Å²) in [6, 6.07) is -0.490. The summed E-state index contributed by atoms with van der Waals surface area (Å²) in [4.78, 5) is 0. The first kappa shape index (κ1) is 14.6. The fourth-order valence-electron chi connectivity index (χ4n) is 2.44. The summed E-state index contributed by atoms with van der Waals surface area (Å²) in [5, 5.41) is 15.5. The van der Waals surface area contributed by atoms with Crippen LogP contribution in [0.3, 0.4) is 0 Å². The van der Waals surface area contributed by atoms with Crippen LogP contribution in [0.4, 0.5) is 0 Å². The maximum absolute atomic E-state index is 12.4. The van der Waals surface area contributed by atoms with Gasteiger partial charge in [0.15, 0.2) is 10.4 Å². The van der Waals surface area contributed by atoms with E-state index in [1.54, 1.807) is 6.92 Å². The van der Waals surface area contributed by atoms with Gasteiger partial charge in [0, 0.05) is 20.0 Å². The molecule has 1 aliphatic rings. The summed E-state index contributed by atoms with van der Waals surface area (Å²) in [7, 11) is -2.24. The molecule has 0 bridgehead atoms. The molecule has 11 heteroatoms. The molecule has 0 amide bonds. The van der Waals surface area contributed by atoms with E-state index in [0.29, 0.717) is 5.82 Å². The largest absolute Gasteiger partial charge is 0.314 e. The van der Waals surface area contributed by atoms with Crippen LogP contribution in [0.15, 0.2) is 9.63 Å². The van der Waals surface area contributed by atoms with Crippen molar-refractivity contribution in [2.24, 2.45) is 7.05 Å². The Morgan fingerprint density at radius 3 is 2.76 bits per heavy atom. The molecule has 3 rings (SSSR count). The minimum atomic E-state index is -3.76. The normalized spacial score (nSPS) is 16.1. The average Bonchev–Trinajstić information content (AvgIpc) is 3.03. The molecule has 2 aromatic heterocycles. The van der Waals surface area contributed by atoms with Gasteiger partial charge in [0.05, 0.1) is 6.04 Å². The number of sulfonamides is 1. The summed E-state index contributed by atoms with van der Waals surface area (Å²) in [5.41, 5.74) is 0. The Labute approximate surface area is 129 Å². The number of aromatic nitrogens is 6. The molecule has 2 aromatic rings. The molecular formula is C10H14BrN7O2S. The highest BCUT2D eigenvalue weighted by molar-refractivity contribution is 9.10. The first-order valence-corrected chi connectivity index (χ1v) is 8.67. The van der Waals surface area contributed by atoms with Crippen LogP contribution in [-0.2, 0) is 30.0 Å². The zero-order chi connectivity index (χ0) is 15.2. The van der Waals surface area contributed by atoms with Crippen molar-refractivity contribution in [3.05, 3.63) is 16.3 Å². The minimum absolute atomic E-state index is 0.0180. The van der Waals surface area contributed by atoms with Crippen molar-refractivity contribution in [2.45, 2.75) is 37.4 Å². The van der Waals surface area contributed by atoms with Gasteiger partial charge in [-0.1, -0.05) is 5.21 Å². The lowest BCUT2D eigenvalue weighted by Gasteiger charge is -2.14. The highest BCUT2D eigenvalue weighted by Crippen LogP contribution is 2.23. The molecule has 1 aliphatic heterocycles. The van der Waals surface area contributed by atoms with Crippen LogP contribution < -0.4 is 4.72 Å². The van der Waals surface area contributed by atoms with E-state index in [-0.39, 0.29) is 9.63 Å². The van der Waals surface area contributed by atoms with Gasteiger partial charge >= 0.3 is 0 Å². The maximum Gasteiger partial charge on any atom is 0.261 e. The monoisotopic (exact) mass is 375 g/mol. The molecule has 0 aliphatic carbocycles. The quantitative estimate of drug-likeness (QED) is 0.814. The standard InChI is InChI=1S/C10H14BrN7O2S/c1-6(9-14-12-7-4-3-5-18(7)9)15-21(19,20)10-8(11)13-16-17(10)2/h6,15H,3-5H2,1-2H3. The first-order chi connectivity index (χ1) is 9.90. The first-order valence-electron chi connectivity index (χ1n) is 6.39. The Balaban J connectivity index is 1.89. The molecule has 0 saturated carbocycles. The second-order valence-corrected chi connectivity index (χ2v) is 7.26. The molecule has 0 spiro atoms. The van der Waals surface area contributed by atoms with E-state index in [1.807, 2.05) is 4.57 Å². The number of fused-ring (bicyclic) bond motifs is 1. The van der Waals surface area contributed by atoms with Crippen LogP contribution in [0.2, 0.25) is 0 Å². The lowest BCUT2D eigenvalue weighted by Crippen LogP contribution is -2.30. The maximum atomic E-state index is 12.4. The number of nitrogens with one attached hydrogen (secondary N) is 1. The van der Waals surface area contributed by atoms with Crippen molar-refractivity contribution in [3.8, 4) is 0 Å². The molecule has 1 N–H and O–H groups in total. The molecular weight excluding hydrogens is 362 g/mol. The lowest BCUT2D eigenvalue weighted by molar-refractivity contribution is 0.532. The van der Waals surface area contributed by atoms with Gasteiger partial charge in [0.2, 0.25) is 5.03 Å². The third-order valence-corrected chi connectivity index (χ3v) is 5.78. The third-order valence-electron chi connectivity index (χ3n) is 3.35. The number of aryl methyl sites for hydroxylation is 2. The van der Waals surface area contributed by atoms with Gasteiger partial charge in [-0.05, 0) is 29.3 Å². The van der Waals surface area contributed by atoms with E-state index >= 15 is 0 Å². The molecule has 0 saturated heterocycles. The van der Waals surface area contributed by atoms with Crippen molar-refractivity contribution < 1.29 is 8.42 Å². The second kappa shape index (κ2) is 5.14. The van der Waals surface area contributed by atoms with E-state index in [2.05, 4.69) is 41.2 Å². The molecule has 0 fully saturated rings. The van der Waals surface area contributed by atoms with Crippen LogP contribution in [0, 0.1) is 0 Å². The van der Waals surface area contributed by atoms with Crippen LogP contribution in [0.5, 0.6) is 0 Å². The van der Waals surface area contributed by atoms with Gasteiger partial charge in [-0.15, -0.1) is 15.3 Å². The average molecular weight is 376 g/mol. The van der Waals surface area contributed by atoms with Gasteiger partial charge in [-0.3, -0.25) is 0 Å². The van der Waals surface area contributed by atoms with Gasteiger partial charge in [-0.25, -0.2) is 13.1 Å². The van der Waals surface area contributed by atoms with Gasteiger partial charge < -0.3 is 4.57 Å². The Morgan fingerprint density at radius 1 is 1.33 bits per heavy atom. The Kier molecular flexibility index (Phi) is 3.58. The van der Waals surface area contributed by atoms with Crippen molar-refractivity contribution in [2.75, 3.05) is 0 Å². The number of rotatable bonds is 4. The fraction of sp³-hybridized carbons (Fsp3) is 0.600. The zero-order valence-corrected chi connectivity index (χ0v) is 13.9. The second-order valence-electron chi connectivity index (χ2n) is 4.88. The molecule has 1 atom stereocenters. The van der Waals surface area contributed by atoms with Crippen molar-refractivity contribution in [3.63, 3.8) is 0 Å². The van der Waals surface area contributed by atoms with Gasteiger partial charge in [0.25, 0.3) is 10.0 Å². The molecule has 21 heavy (non-hydrogen) atoms. The highest BCUT2D eigenvalue weighted by Gasteiger charge is 2.29. The number of hydrogen-bond acceptors (Lipinski definition) is 6. The summed E-state index contributed by atoms with van der Waals surface area (Å²) >= 11 is 3.09. The molecule has 3 heterocycles. The van der Waals surface area contributed by atoms with E-state index in [9.17, 15) is 8.42 Å². The lowest BCUT2D eigenvalue weighted by atomic mass is 10.3. The Morgan fingerprint density at radius 2 is 2.10 bits per heavy atom. The zero-order valence-electron chi connectivity index (χ0n) is 11.5. The summed E-state index contributed by atoms with van der Waals surface area (Å²) in [6.45, 7) is 2.56. The summed E-state index contributed by atoms with van der Waals surface area (Å²) in [5.74, 6) is 1.52. The third kappa shape index (κ3) is 2.49. The predicted octanol–water partition coefficient (Wildman–Crippen LogP) is 0.155. The van der Waals surface area contributed by atoms with Crippen LogP contribution in [0.1, 0.15) is 31.0 Å².